The Labute approximate surface area is 166 Å². The van der Waals surface area contributed by atoms with Gasteiger partial charge in [-0.2, -0.15) is 0 Å². The minimum absolute atomic E-state index is 0.0172. The van der Waals surface area contributed by atoms with E-state index in [4.69, 9.17) is 14.7 Å². The van der Waals surface area contributed by atoms with E-state index in [1.54, 1.807) is 11.3 Å². The van der Waals surface area contributed by atoms with E-state index in [1.165, 1.54) is 12.8 Å². The predicted molar refractivity (Wildman–Crippen MR) is 111 cm³/mol. The number of aromatic nitrogens is 1. The number of hydrogen-bond acceptors (Lipinski definition) is 6. The predicted octanol–water partition coefficient (Wildman–Crippen LogP) is 1.63. The van der Waals surface area contributed by atoms with Gasteiger partial charge in [0, 0.05) is 56.6 Å². The van der Waals surface area contributed by atoms with Crippen molar-refractivity contribution < 1.29 is 9.84 Å². The highest BCUT2D eigenvalue weighted by atomic mass is 32.1. The quantitative estimate of drug-likeness (QED) is 0.436. The van der Waals surface area contributed by atoms with Crippen molar-refractivity contribution in [1.29, 1.82) is 0 Å². The number of guanidine groups is 1. The van der Waals surface area contributed by atoms with E-state index in [0.717, 1.165) is 68.8 Å². The second-order valence-corrected chi connectivity index (χ2v) is 8.30. The van der Waals surface area contributed by atoms with Crippen LogP contribution in [-0.4, -0.2) is 68.6 Å². The summed E-state index contributed by atoms with van der Waals surface area (Å²) in [5.74, 6) is 0.830. The van der Waals surface area contributed by atoms with Crippen LogP contribution in [-0.2, 0) is 11.2 Å². The van der Waals surface area contributed by atoms with Gasteiger partial charge in [0.05, 0.1) is 18.8 Å². The molecule has 2 saturated heterocycles. The molecular formula is C19H33N5O2S. The molecule has 0 spiro atoms. The van der Waals surface area contributed by atoms with Crippen molar-refractivity contribution in [3.8, 4) is 0 Å². The molecule has 3 N–H and O–H groups in total. The average Bonchev–Trinajstić information content (AvgIpc) is 3.41. The molecule has 1 aromatic heterocycles. The standard InChI is InChI=1S/C19H33N5O2S/c1-2-20-17(22-14-19(6-11-25)7-12-26-15-19)21-8-5-16-13-27-18(23-16)24-9-3-4-10-24/h13,25H,2-12,14-15H2,1H3,(H2,20,21,22). The molecule has 0 bridgehead atoms. The summed E-state index contributed by atoms with van der Waals surface area (Å²) in [5, 5.41) is 19.4. The molecule has 3 rings (SSSR count). The molecule has 8 heteroatoms. The summed E-state index contributed by atoms with van der Waals surface area (Å²) < 4.78 is 5.56. The van der Waals surface area contributed by atoms with E-state index < -0.39 is 0 Å². The van der Waals surface area contributed by atoms with Crippen LogP contribution in [0.1, 0.15) is 38.3 Å². The molecule has 0 radical (unpaired) electrons. The Morgan fingerprint density at radius 2 is 2.26 bits per heavy atom. The van der Waals surface area contributed by atoms with Crippen LogP contribution in [0.25, 0.3) is 0 Å². The normalized spacial score (nSPS) is 23.2. The van der Waals surface area contributed by atoms with Crippen LogP contribution in [0.3, 0.4) is 0 Å². The number of ether oxygens (including phenoxy) is 1. The fourth-order valence-electron chi connectivity index (χ4n) is 3.65. The van der Waals surface area contributed by atoms with Crippen LogP contribution in [0.2, 0.25) is 0 Å². The lowest BCUT2D eigenvalue weighted by Gasteiger charge is -2.24. The van der Waals surface area contributed by atoms with Crippen LogP contribution >= 0.6 is 11.3 Å². The van der Waals surface area contributed by atoms with Crippen molar-refractivity contribution in [2.75, 3.05) is 57.4 Å². The summed E-state index contributed by atoms with van der Waals surface area (Å²) in [6, 6.07) is 0. The first-order valence-electron chi connectivity index (χ1n) is 10.1. The third-order valence-corrected chi connectivity index (χ3v) is 6.28. The lowest BCUT2D eigenvalue weighted by Crippen LogP contribution is -2.39. The SMILES string of the molecule is CCNC(=NCC1(CCO)CCOC1)NCCc1csc(N2CCCC2)n1. The van der Waals surface area contributed by atoms with Crippen LogP contribution < -0.4 is 15.5 Å². The van der Waals surface area contributed by atoms with Crippen LogP contribution in [0, 0.1) is 5.41 Å². The number of aliphatic hydroxyl groups excluding tert-OH is 1. The van der Waals surface area contributed by atoms with E-state index in [-0.39, 0.29) is 12.0 Å². The number of nitrogens with zero attached hydrogens (tertiary/aromatic N) is 3. The molecular weight excluding hydrogens is 362 g/mol. The zero-order chi connectivity index (χ0) is 19.0. The van der Waals surface area contributed by atoms with Crippen LogP contribution in [0.5, 0.6) is 0 Å². The second kappa shape index (κ2) is 10.2. The van der Waals surface area contributed by atoms with Gasteiger partial charge in [-0.05, 0) is 32.6 Å². The first kappa shape index (κ1) is 20.4. The zero-order valence-electron chi connectivity index (χ0n) is 16.4. The number of thiazole rings is 1. The molecule has 1 unspecified atom stereocenters. The lowest BCUT2D eigenvalue weighted by molar-refractivity contribution is 0.131. The van der Waals surface area contributed by atoms with Crippen molar-refractivity contribution >= 4 is 22.4 Å². The molecule has 0 saturated carbocycles. The van der Waals surface area contributed by atoms with Gasteiger partial charge >= 0.3 is 0 Å². The van der Waals surface area contributed by atoms with Crippen LogP contribution in [0.4, 0.5) is 5.13 Å². The summed E-state index contributed by atoms with van der Waals surface area (Å²) in [6.07, 6.45) is 5.16. The van der Waals surface area contributed by atoms with E-state index in [9.17, 15) is 5.11 Å². The Bertz CT molecular complexity index is 595. The molecule has 2 aliphatic heterocycles. The van der Waals surface area contributed by atoms with Gasteiger partial charge in [-0.25, -0.2) is 4.98 Å². The Morgan fingerprint density at radius 1 is 1.41 bits per heavy atom. The van der Waals surface area contributed by atoms with Crippen molar-refractivity contribution in [2.24, 2.45) is 10.4 Å². The summed E-state index contributed by atoms with van der Waals surface area (Å²) in [6.45, 7) is 8.30. The van der Waals surface area contributed by atoms with Gasteiger partial charge in [-0.15, -0.1) is 11.3 Å². The minimum Gasteiger partial charge on any atom is -0.396 e. The maximum Gasteiger partial charge on any atom is 0.191 e. The fourth-order valence-corrected chi connectivity index (χ4v) is 4.56. The summed E-state index contributed by atoms with van der Waals surface area (Å²) >= 11 is 1.75. The number of nitrogens with one attached hydrogen (secondary N) is 2. The van der Waals surface area contributed by atoms with Gasteiger partial charge in [0.2, 0.25) is 0 Å². The topological polar surface area (TPSA) is 82.0 Å². The Balaban J connectivity index is 1.49. The molecule has 1 aromatic rings. The minimum atomic E-state index is -0.0172. The molecule has 2 fully saturated rings. The van der Waals surface area contributed by atoms with E-state index in [0.29, 0.717) is 13.2 Å². The van der Waals surface area contributed by atoms with Gasteiger partial charge in [-0.1, -0.05) is 0 Å². The number of rotatable bonds is 9. The smallest absolute Gasteiger partial charge is 0.191 e. The second-order valence-electron chi connectivity index (χ2n) is 7.46. The van der Waals surface area contributed by atoms with Gasteiger partial charge in [0.25, 0.3) is 0 Å². The van der Waals surface area contributed by atoms with Gasteiger partial charge in [-0.3, -0.25) is 4.99 Å². The van der Waals surface area contributed by atoms with Crippen molar-refractivity contribution in [1.82, 2.24) is 15.6 Å². The van der Waals surface area contributed by atoms with Crippen molar-refractivity contribution in [3.63, 3.8) is 0 Å². The van der Waals surface area contributed by atoms with Crippen LogP contribution in [0.15, 0.2) is 10.4 Å². The Morgan fingerprint density at radius 3 is 2.96 bits per heavy atom. The van der Waals surface area contributed by atoms with E-state index >= 15 is 0 Å². The van der Waals surface area contributed by atoms with Gasteiger partial charge < -0.3 is 25.4 Å². The Kier molecular flexibility index (Phi) is 7.72. The highest BCUT2D eigenvalue weighted by Crippen LogP contribution is 2.32. The molecule has 0 aliphatic carbocycles. The first-order valence-corrected chi connectivity index (χ1v) is 11.0. The highest BCUT2D eigenvalue weighted by molar-refractivity contribution is 7.13. The number of anilines is 1. The highest BCUT2D eigenvalue weighted by Gasteiger charge is 2.34. The van der Waals surface area contributed by atoms with E-state index in [1.807, 2.05) is 0 Å². The van der Waals surface area contributed by atoms with Gasteiger partial charge in [0.1, 0.15) is 0 Å². The largest absolute Gasteiger partial charge is 0.396 e. The monoisotopic (exact) mass is 395 g/mol. The van der Waals surface area contributed by atoms with Crippen molar-refractivity contribution in [3.05, 3.63) is 11.1 Å². The third-order valence-electron chi connectivity index (χ3n) is 5.33. The Hall–Kier alpha value is -1.38. The third kappa shape index (κ3) is 5.80. The summed E-state index contributed by atoms with van der Waals surface area (Å²) in [4.78, 5) is 11.9. The molecule has 2 aliphatic rings. The summed E-state index contributed by atoms with van der Waals surface area (Å²) in [7, 11) is 0. The number of aliphatic imine (C=N–C) groups is 1. The molecule has 0 amide bonds. The van der Waals surface area contributed by atoms with Gasteiger partial charge in [0.15, 0.2) is 11.1 Å². The molecule has 152 valence electrons. The fraction of sp³-hybridized carbons (Fsp3) is 0.789. The zero-order valence-corrected chi connectivity index (χ0v) is 17.2. The maximum atomic E-state index is 9.36. The summed E-state index contributed by atoms with van der Waals surface area (Å²) in [5.41, 5.74) is 1.13. The molecule has 7 nitrogen and oxygen atoms in total. The number of aliphatic hydroxyl groups is 1. The number of hydrogen-bond donors (Lipinski definition) is 3. The maximum absolute atomic E-state index is 9.36. The molecule has 3 heterocycles. The van der Waals surface area contributed by atoms with E-state index in [2.05, 4.69) is 27.8 Å². The molecule has 0 aromatic carbocycles. The molecule has 1 atom stereocenters. The first-order chi connectivity index (χ1) is 13.2. The lowest BCUT2D eigenvalue weighted by atomic mass is 9.84. The molecule has 27 heavy (non-hydrogen) atoms. The van der Waals surface area contributed by atoms with Crippen molar-refractivity contribution in [2.45, 2.75) is 39.0 Å². The average molecular weight is 396 g/mol.